The van der Waals surface area contributed by atoms with Gasteiger partial charge in [0.25, 0.3) is 0 Å². The van der Waals surface area contributed by atoms with E-state index in [-0.39, 0.29) is 17.9 Å². The summed E-state index contributed by atoms with van der Waals surface area (Å²) in [6.45, 7) is 1.29. The van der Waals surface area contributed by atoms with Gasteiger partial charge in [0, 0.05) is 19.2 Å². The Bertz CT molecular complexity index is 825. The number of hydrogen-bond donors (Lipinski definition) is 0. The molecule has 0 aromatic heterocycles. The summed E-state index contributed by atoms with van der Waals surface area (Å²) in [4.78, 5) is 14.2. The first kappa shape index (κ1) is 19.1. The zero-order valence-electron chi connectivity index (χ0n) is 15.5. The topological polar surface area (TPSA) is 38.8 Å². The highest BCUT2D eigenvalue weighted by molar-refractivity contribution is 5.79. The van der Waals surface area contributed by atoms with Gasteiger partial charge in [0.1, 0.15) is 11.6 Å². The predicted molar refractivity (Wildman–Crippen MR) is 98.0 cm³/mol. The lowest BCUT2D eigenvalue weighted by Gasteiger charge is -2.17. The number of ether oxygens (including phenoxy) is 2. The third-order valence-electron chi connectivity index (χ3n) is 4.97. The van der Waals surface area contributed by atoms with Crippen LogP contribution >= 0.6 is 0 Å². The maximum atomic E-state index is 13.8. The van der Waals surface area contributed by atoms with Crippen molar-refractivity contribution in [3.8, 4) is 11.5 Å². The highest BCUT2D eigenvalue weighted by Gasteiger charge is 2.27. The molecular weight excluding hydrogens is 352 g/mol. The molecule has 3 rings (SSSR count). The number of benzene rings is 2. The highest BCUT2D eigenvalue weighted by Crippen LogP contribution is 2.30. The Morgan fingerprint density at radius 2 is 1.89 bits per heavy atom. The zero-order valence-corrected chi connectivity index (χ0v) is 15.5. The van der Waals surface area contributed by atoms with E-state index >= 15 is 0 Å². The van der Waals surface area contributed by atoms with Crippen LogP contribution in [-0.4, -0.2) is 38.1 Å². The number of methoxy groups -OCH3 is 2. The summed E-state index contributed by atoms with van der Waals surface area (Å²) >= 11 is 0. The van der Waals surface area contributed by atoms with Crippen molar-refractivity contribution in [3.63, 3.8) is 0 Å². The van der Waals surface area contributed by atoms with Crippen molar-refractivity contribution in [2.75, 3.05) is 27.3 Å². The summed E-state index contributed by atoms with van der Waals surface area (Å²) in [5.41, 5.74) is 1.35. The molecule has 1 heterocycles. The Morgan fingerprint density at radius 3 is 2.59 bits per heavy atom. The molecule has 2 aromatic carbocycles. The molecule has 0 saturated carbocycles. The summed E-state index contributed by atoms with van der Waals surface area (Å²) in [5.74, 6) is 0.267. The molecule has 0 radical (unpaired) electrons. The van der Waals surface area contributed by atoms with E-state index in [2.05, 4.69) is 0 Å². The largest absolute Gasteiger partial charge is 0.493 e. The summed E-state index contributed by atoms with van der Waals surface area (Å²) in [5, 5.41) is 0. The van der Waals surface area contributed by atoms with Crippen molar-refractivity contribution in [2.45, 2.75) is 19.3 Å². The summed E-state index contributed by atoms with van der Waals surface area (Å²) in [7, 11) is 3.20. The second-order valence-electron chi connectivity index (χ2n) is 6.80. The van der Waals surface area contributed by atoms with Crippen LogP contribution in [0.1, 0.15) is 17.5 Å². The van der Waals surface area contributed by atoms with Crippen molar-refractivity contribution in [1.29, 1.82) is 0 Å². The fourth-order valence-electron chi connectivity index (χ4n) is 3.51. The van der Waals surface area contributed by atoms with Crippen LogP contribution in [-0.2, 0) is 17.6 Å². The van der Waals surface area contributed by atoms with Gasteiger partial charge in [-0.2, -0.15) is 0 Å². The average molecular weight is 375 g/mol. The van der Waals surface area contributed by atoms with Gasteiger partial charge >= 0.3 is 0 Å². The van der Waals surface area contributed by atoms with Gasteiger partial charge in [-0.3, -0.25) is 4.79 Å². The van der Waals surface area contributed by atoms with Gasteiger partial charge in [-0.1, -0.05) is 12.1 Å². The van der Waals surface area contributed by atoms with Crippen molar-refractivity contribution < 1.29 is 23.0 Å². The number of hydrogen-bond acceptors (Lipinski definition) is 3. The van der Waals surface area contributed by atoms with Gasteiger partial charge in [-0.05, 0) is 48.1 Å². The van der Waals surface area contributed by atoms with Crippen LogP contribution in [0.25, 0.3) is 0 Å². The molecule has 1 unspecified atom stereocenters. The Balaban J connectivity index is 1.59. The smallest absolute Gasteiger partial charge is 0.227 e. The highest BCUT2D eigenvalue weighted by atomic mass is 19.1. The second kappa shape index (κ2) is 8.37. The minimum atomic E-state index is -0.676. The number of nitrogens with zero attached hydrogens (tertiary/aromatic N) is 1. The van der Waals surface area contributed by atoms with Crippen LogP contribution in [0.2, 0.25) is 0 Å². The number of amides is 1. The van der Waals surface area contributed by atoms with E-state index < -0.39 is 11.6 Å². The molecule has 2 aromatic rings. The lowest BCUT2D eigenvalue weighted by atomic mass is 9.98. The monoisotopic (exact) mass is 375 g/mol. The third-order valence-corrected chi connectivity index (χ3v) is 4.97. The molecule has 4 nitrogen and oxygen atoms in total. The lowest BCUT2D eigenvalue weighted by molar-refractivity contribution is -0.129. The maximum absolute atomic E-state index is 13.8. The number of halogens is 2. The molecule has 1 aliphatic rings. The first-order valence-electron chi connectivity index (χ1n) is 8.92. The fraction of sp³-hybridized carbons (Fsp3) is 0.381. The first-order chi connectivity index (χ1) is 13.0. The summed E-state index contributed by atoms with van der Waals surface area (Å²) < 4.78 is 37.3. The molecule has 1 atom stereocenters. The van der Waals surface area contributed by atoms with Gasteiger partial charge in [-0.25, -0.2) is 8.78 Å². The van der Waals surface area contributed by atoms with Crippen molar-refractivity contribution in [1.82, 2.24) is 4.90 Å². The minimum Gasteiger partial charge on any atom is -0.493 e. The quantitative estimate of drug-likeness (QED) is 0.774. The SMILES string of the molecule is COc1ccc(CC2CCN(C(=O)Cc3ccc(F)cc3F)C2)cc1OC. The average Bonchev–Trinajstić information content (AvgIpc) is 3.12. The van der Waals surface area contributed by atoms with Crippen LogP contribution in [0.5, 0.6) is 11.5 Å². The molecule has 1 aliphatic heterocycles. The molecule has 0 spiro atoms. The summed E-state index contributed by atoms with van der Waals surface area (Å²) in [6.07, 6.45) is 1.68. The number of rotatable bonds is 6. The predicted octanol–water partition coefficient (Wildman–Crippen LogP) is 3.62. The number of likely N-dealkylation sites (tertiary alicyclic amines) is 1. The van der Waals surface area contributed by atoms with Crippen LogP contribution in [0.3, 0.4) is 0 Å². The van der Waals surface area contributed by atoms with E-state index in [1.54, 1.807) is 19.1 Å². The minimum absolute atomic E-state index is 0.0464. The van der Waals surface area contributed by atoms with Gasteiger partial charge < -0.3 is 14.4 Å². The van der Waals surface area contributed by atoms with E-state index in [1.165, 1.54) is 12.1 Å². The molecule has 0 bridgehead atoms. The number of carbonyl (C=O) groups is 1. The standard InChI is InChI=1S/C21H23F2NO3/c1-26-19-6-3-14(10-20(19)27-2)9-15-7-8-24(13-15)21(25)11-16-4-5-17(22)12-18(16)23/h3-6,10,12,15H,7-9,11,13H2,1-2H3. The van der Waals surface area contributed by atoms with Crippen LogP contribution in [0, 0.1) is 17.6 Å². The molecule has 0 aliphatic carbocycles. The molecule has 6 heteroatoms. The van der Waals surface area contributed by atoms with Gasteiger partial charge in [0.2, 0.25) is 5.91 Å². The molecule has 27 heavy (non-hydrogen) atoms. The summed E-state index contributed by atoms with van der Waals surface area (Å²) in [6, 6.07) is 9.15. The molecule has 1 saturated heterocycles. The Morgan fingerprint density at radius 1 is 1.11 bits per heavy atom. The van der Waals surface area contributed by atoms with Crippen molar-refractivity contribution in [2.24, 2.45) is 5.92 Å². The fourth-order valence-corrected chi connectivity index (χ4v) is 3.51. The van der Waals surface area contributed by atoms with Gasteiger partial charge in [0.15, 0.2) is 11.5 Å². The van der Waals surface area contributed by atoms with E-state index in [0.717, 1.165) is 24.5 Å². The van der Waals surface area contributed by atoms with E-state index in [4.69, 9.17) is 9.47 Å². The van der Waals surface area contributed by atoms with E-state index in [1.807, 2.05) is 18.2 Å². The van der Waals surface area contributed by atoms with Crippen LogP contribution < -0.4 is 9.47 Å². The van der Waals surface area contributed by atoms with E-state index in [9.17, 15) is 13.6 Å². The van der Waals surface area contributed by atoms with Crippen molar-refractivity contribution >= 4 is 5.91 Å². The molecule has 1 fully saturated rings. The maximum Gasteiger partial charge on any atom is 0.227 e. The molecule has 0 N–H and O–H groups in total. The number of carbonyl (C=O) groups excluding carboxylic acids is 1. The molecule has 144 valence electrons. The molecular formula is C21H23F2NO3. The van der Waals surface area contributed by atoms with Gasteiger partial charge in [0.05, 0.1) is 20.6 Å². The molecule has 1 amide bonds. The van der Waals surface area contributed by atoms with E-state index in [0.29, 0.717) is 30.5 Å². The van der Waals surface area contributed by atoms with Crippen LogP contribution in [0.15, 0.2) is 36.4 Å². The Labute approximate surface area is 157 Å². The van der Waals surface area contributed by atoms with Gasteiger partial charge in [-0.15, -0.1) is 0 Å². The second-order valence-corrected chi connectivity index (χ2v) is 6.80. The normalized spacial score (nSPS) is 16.4. The zero-order chi connectivity index (χ0) is 19.4. The third kappa shape index (κ3) is 4.56. The lowest BCUT2D eigenvalue weighted by Crippen LogP contribution is -2.30. The Hall–Kier alpha value is -2.63. The van der Waals surface area contributed by atoms with Crippen molar-refractivity contribution in [3.05, 3.63) is 59.2 Å². The Kier molecular flexibility index (Phi) is 5.94. The first-order valence-corrected chi connectivity index (χ1v) is 8.92. The van der Waals surface area contributed by atoms with Crippen LogP contribution in [0.4, 0.5) is 8.78 Å².